The van der Waals surface area contributed by atoms with Crippen LogP contribution in [0.4, 0.5) is 5.13 Å². The molecule has 0 radical (unpaired) electrons. The molecule has 23 heavy (non-hydrogen) atoms. The maximum absolute atomic E-state index is 5.62. The van der Waals surface area contributed by atoms with E-state index in [2.05, 4.69) is 45.4 Å². The molecule has 0 amide bonds. The first-order valence-electron chi connectivity index (χ1n) is 7.60. The van der Waals surface area contributed by atoms with Crippen molar-refractivity contribution in [3.63, 3.8) is 0 Å². The summed E-state index contributed by atoms with van der Waals surface area (Å²) in [5.74, 6) is 0. The predicted octanol–water partition coefficient (Wildman–Crippen LogP) is 4.49. The topological polar surface area (TPSA) is 63.8 Å². The highest BCUT2D eigenvalue weighted by atomic mass is 32.1. The molecule has 116 valence electrons. The minimum Gasteiger partial charge on any atom is -0.442 e. The van der Waals surface area contributed by atoms with Gasteiger partial charge in [0, 0.05) is 30.1 Å². The van der Waals surface area contributed by atoms with E-state index >= 15 is 0 Å². The largest absolute Gasteiger partial charge is 0.442 e. The molecular formula is C17H16N4OS. The van der Waals surface area contributed by atoms with Crippen molar-refractivity contribution in [3.8, 4) is 11.1 Å². The van der Waals surface area contributed by atoms with Crippen molar-refractivity contribution in [3.05, 3.63) is 36.5 Å². The standard InChI is InChI=1S/C17H16N4OS/c1-3-4-11-6-5-10(8-19-11)12-7-13-16(23-17(18-2)21-13)15-14(12)20-9-22-15/h5-9H,3-4H2,1-2H3,(H,18,21). The Morgan fingerprint density at radius 1 is 1.26 bits per heavy atom. The number of hydrogen-bond acceptors (Lipinski definition) is 6. The minimum absolute atomic E-state index is 0.786. The van der Waals surface area contributed by atoms with E-state index in [0.717, 1.165) is 56.1 Å². The maximum atomic E-state index is 5.62. The quantitative estimate of drug-likeness (QED) is 0.599. The molecule has 0 spiro atoms. The van der Waals surface area contributed by atoms with E-state index in [1.807, 2.05) is 13.2 Å². The van der Waals surface area contributed by atoms with Crippen molar-refractivity contribution >= 4 is 37.8 Å². The van der Waals surface area contributed by atoms with Crippen molar-refractivity contribution in [2.45, 2.75) is 19.8 Å². The molecule has 3 aromatic heterocycles. The number of benzene rings is 1. The van der Waals surface area contributed by atoms with Crippen LogP contribution in [0.5, 0.6) is 0 Å². The Kier molecular flexibility index (Phi) is 3.46. The summed E-state index contributed by atoms with van der Waals surface area (Å²) in [6.45, 7) is 2.16. The molecule has 1 N–H and O–H groups in total. The Hall–Kier alpha value is -2.47. The van der Waals surface area contributed by atoms with E-state index in [0.29, 0.717) is 0 Å². The van der Waals surface area contributed by atoms with Crippen LogP contribution in [-0.2, 0) is 6.42 Å². The summed E-state index contributed by atoms with van der Waals surface area (Å²) in [7, 11) is 1.87. The summed E-state index contributed by atoms with van der Waals surface area (Å²) in [6, 6.07) is 6.24. The third-order valence-corrected chi connectivity index (χ3v) is 4.91. The van der Waals surface area contributed by atoms with Gasteiger partial charge in [-0.15, -0.1) is 0 Å². The number of hydrogen-bond donors (Lipinski definition) is 1. The molecule has 1 aromatic carbocycles. The molecule has 0 atom stereocenters. The number of nitrogens with one attached hydrogen (secondary N) is 1. The maximum Gasteiger partial charge on any atom is 0.183 e. The third kappa shape index (κ3) is 2.35. The third-order valence-electron chi connectivity index (χ3n) is 3.82. The van der Waals surface area contributed by atoms with Gasteiger partial charge in [0.25, 0.3) is 0 Å². The molecule has 0 aliphatic rings. The van der Waals surface area contributed by atoms with Gasteiger partial charge >= 0.3 is 0 Å². The summed E-state index contributed by atoms with van der Waals surface area (Å²) in [5.41, 5.74) is 5.70. The highest BCUT2D eigenvalue weighted by Gasteiger charge is 2.16. The minimum atomic E-state index is 0.786. The SMILES string of the molecule is CCCc1ccc(-c2cc3nc(NC)sc3c3ocnc23)cn1. The van der Waals surface area contributed by atoms with E-state index in [9.17, 15) is 0 Å². The number of nitrogens with zero attached hydrogens (tertiary/aromatic N) is 3. The predicted molar refractivity (Wildman–Crippen MR) is 94.0 cm³/mol. The van der Waals surface area contributed by atoms with Crippen molar-refractivity contribution in [1.82, 2.24) is 15.0 Å². The number of oxazole rings is 1. The van der Waals surface area contributed by atoms with Gasteiger partial charge in [0.1, 0.15) is 10.2 Å². The molecule has 5 nitrogen and oxygen atoms in total. The smallest absolute Gasteiger partial charge is 0.183 e. The first kappa shape index (κ1) is 14.1. The van der Waals surface area contributed by atoms with Crippen molar-refractivity contribution in [1.29, 1.82) is 0 Å². The molecule has 0 bridgehead atoms. The van der Waals surface area contributed by atoms with E-state index < -0.39 is 0 Å². The Morgan fingerprint density at radius 2 is 2.17 bits per heavy atom. The van der Waals surface area contributed by atoms with Crippen LogP contribution in [0.1, 0.15) is 19.0 Å². The molecule has 0 aliphatic carbocycles. The number of aryl methyl sites for hydroxylation is 1. The number of pyridine rings is 1. The lowest BCUT2D eigenvalue weighted by molar-refractivity contribution is 0.605. The van der Waals surface area contributed by atoms with Crippen LogP contribution in [0, 0.1) is 0 Å². The average Bonchev–Trinajstić information content (AvgIpc) is 3.21. The van der Waals surface area contributed by atoms with Gasteiger partial charge < -0.3 is 9.73 Å². The van der Waals surface area contributed by atoms with Gasteiger partial charge in [-0.25, -0.2) is 9.97 Å². The van der Waals surface area contributed by atoms with Crippen LogP contribution in [0.25, 0.3) is 32.4 Å². The Balaban J connectivity index is 1.92. The second-order valence-corrected chi connectivity index (χ2v) is 6.36. The fraction of sp³-hybridized carbons (Fsp3) is 0.235. The van der Waals surface area contributed by atoms with Gasteiger partial charge in [0.15, 0.2) is 17.1 Å². The molecule has 0 saturated heterocycles. The van der Waals surface area contributed by atoms with Crippen molar-refractivity contribution in [2.24, 2.45) is 0 Å². The first-order valence-corrected chi connectivity index (χ1v) is 8.41. The summed E-state index contributed by atoms with van der Waals surface area (Å²) in [6.07, 6.45) is 5.49. The number of fused-ring (bicyclic) bond motifs is 3. The van der Waals surface area contributed by atoms with Crippen LogP contribution >= 0.6 is 11.3 Å². The normalized spacial score (nSPS) is 11.4. The molecule has 0 fully saturated rings. The molecule has 0 aliphatic heterocycles. The van der Waals surface area contributed by atoms with E-state index in [1.165, 1.54) is 6.39 Å². The lowest BCUT2D eigenvalue weighted by atomic mass is 10.0. The zero-order valence-corrected chi connectivity index (χ0v) is 13.8. The Bertz CT molecular complexity index is 972. The summed E-state index contributed by atoms with van der Waals surface area (Å²) >= 11 is 1.57. The zero-order valence-electron chi connectivity index (χ0n) is 13.0. The molecule has 4 aromatic rings. The van der Waals surface area contributed by atoms with Gasteiger partial charge in [-0.1, -0.05) is 30.7 Å². The monoisotopic (exact) mass is 324 g/mol. The zero-order chi connectivity index (χ0) is 15.8. The lowest BCUT2D eigenvalue weighted by Gasteiger charge is -2.04. The number of anilines is 1. The highest BCUT2D eigenvalue weighted by Crippen LogP contribution is 2.37. The molecule has 0 saturated carbocycles. The van der Waals surface area contributed by atoms with Crippen LogP contribution in [0.2, 0.25) is 0 Å². The van der Waals surface area contributed by atoms with Crippen LogP contribution < -0.4 is 5.32 Å². The van der Waals surface area contributed by atoms with Crippen molar-refractivity contribution < 1.29 is 4.42 Å². The van der Waals surface area contributed by atoms with Gasteiger partial charge in [-0.3, -0.25) is 4.98 Å². The second kappa shape index (κ2) is 5.62. The lowest BCUT2D eigenvalue weighted by Crippen LogP contribution is -1.90. The molecule has 4 rings (SSSR count). The summed E-state index contributed by atoms with van der Waals surface area (Å²) in [4.78, 5) is 13.5. The van der Waals surface area contributed by atoms with Crippen LogP contribution in [0.15, 0.2) is 35.2 Å². The number of thiazole rings is 1. The fourth-order valence-corrected chi connectivity index (χ4v) is 3.60. The molecule has 3 heterocycles. The first-order chi connectivity index (χ1) is 11.3. The van der Waals surface area contributed by atoms with E-state index in [-0.39, 0.29) is 0 Å². The van der Waals surface area contributed by atoms with Gasteiger partial charge in [-0.05, 0) is 18.6 Å². The van der Waals surface area contributed by atoms with Crippen LogP contribution in [0.3, 0.4) is 0 Å². The van der Waals surface area contributed by atoms with E-state index in [1.54, 1.807) is 11.3 Å². The Labute approximate surface area is 137 Å². The van der Waals surface area contributed by atoms with Gasteiger partial charge in [-0.2, -0.15) is 0 Å². The van der Waals surface area contributed by atoms with Gasteiger partial charge in [0.2, 0.25) is 0 Å². The Morgan fingerprint density at radius 3 is 2.91 bits per heavy atom. The summed E-state index contributed by atoms with van der Waals surface area (Å²) in [5, 5.41) is 3.95. The molecule has 6 heteroatoms. The summed E-state index contributed by atoms with van der Waals surface area (Å²) < 4.78 is 6.64. The van der Waals surface area contributed by atoms with Gasteiger partial charge in [0.05, 0.1) is 5.52 Å². The average molecular weight is 324 g/mol. The van der Waals surface area contributed by atoms with Crippen molar-refractivity contribution in [2.75, 3.05) is 12.4 Å². The van der Waals surface area contributed by atoms with Crippen LogP contribution in [-0.4, -0.2) is 22.0 Å². The fourth-order valence-electron chi connectivity index (χ4n) is 2.71. The molecular weight excluding hydrogens is 308 g/mol. The second-order valence-electron chi connectivity index (χ2n) is 5.36. The number of aromatic nitrogens is 3. The highest BCUT2D eigenvalue weighted by molar-refractivity contribution is 7.23. The number of rotatable bonds is 4. The molecule has 0 unspecified atom stereocenters. The van der Waals surface area contributed by atoms with E-state index in [4.69, 9.17) is 4.42 Å².